The molecule has 1 aromatic carbocycles. The zero-order valence-electron chi connectivity index (χ0n) is 12.0. The summed E-state index contributed by atoms with van der Waals surface area (Å²) in [5.74, 6) is 0.963. The number of aliphatic hydroxyl groups excluding tert-OH is 1. The lowest BCUT2D eigenvalue weighted by Gasteiger charge is -2.00. The first-order valence-electron chi connectivity index (χ1n) is 6.75. The number of benzene rings is 1. The Morgan fingerprint density at radius 3 is 2.52 bits per heavy atom. The fourth-order valence-electron chi connectivity index (χ4n) is 1.97. The van der Waals surface area contributed by atoms with E-state index in [9.17, 15) is 0 Å². The van der Waals surface area contributed by atoms with Crippen LogP contribution < -0.4 is 0 Å². The first-order chi connectivity index (χ1) is 9.85. The lowest BCUT2D eigenvalue weighted by atomic mass is 10.2. The molecule has 0 aliphatic carbocycles. The first kappa shape index (κ1) is 17.1. The minimum absolute atomic E-state index is 0. The summed E-state index contributed by atoms with van der Waals surface area (Å²) in [5.41, 5.74) is 1.06. The lowest BCUT2D eigenvalue weighted by Crippen LogP contribution is -2.02. The van der Waals surface area contributed by atoms with Crippen LogP contribution in [0.3, 0.4) is 0 Å². The van der Waals surface area contributed by atoms with E-state index in [1.165, 1.54) is 5.39 Å². The monoisotopic (exact) mass is 305 g/mol. The number of para-hydroxylation sites is 1. The van der Waals surface area contributed by atoms with Gasteiger partial charge in [-0.1, -0.05) is 24.3 Å². The first-order valence-corrected chi connectivity index (χ1v) is 6.75. The normalized spacial score (nSPS) is 9.62. The van der Waals surface area contributed by atoms with E-state index >= 15 is 0 Å². The minimum Gasteiger partial charge on any atom is -0.396 e. The largest absolute Gasteiger partial charge is 0.396 e. The highest BCUT2D eigenvalue weighted by Gasteiger charge is 1.97. The molecule has 3 aromatic rings. The smallest absolute Gasteiger partial charge is 0.110 e. The molecule has 0 unspecified atom stereocenters. The van der Waals surface area contributed by atoms with Gasteiger partial charge in [0.05, 0.1) is 12.1 Å². The highest BCUT2D eigenvalue weighted by molar-refractivity contribution is 5.85. The Bertz CT molecular complexity index is 589. The van der Waals surface area contributed by atoms with Crippen molar-refractivity contribution in [3.63, 3.8) is 0 Å². The van der Waals surface area contributed by atoms with Gasteiger partial charge in [0.2, 0.25) is 0 Å². The van der Waals surface area contributed by atoms with Crippen LogP contribution in [-0.4, -0.2) is 26.2 Å². The van der Waals surface area contributed by atoms with Crippen molar-refractivity contribution in [2.45, 2.75) is 19.9 Å². The Labute approximate surface area is 130 Å². The highest BCUT2D eigenvalue weighted by atomic mass is 35.5. The summed E-state index contributed by atoms with van der Waals surface area (Å²) in [6, 6.07) is 12.1. The van der Waals surface area contributed by atoms with Crippen LogP contribution in [0.5, 0.6) is 0 Å². The van der Waals surface area contributed by atoms with Crippen molar-refractivity contribution < 1.29 is 5.11 Å². The van der Waals surface area contributed by atoms with Crippen LogP contribution in [0.2, 0.25) is 0 Å². The number of hydrogen-bond donors (Lipinski definition) is 1. The third kappa shape index (κ3) is 4.85. The number of fused-ring (bicyclic) bond motifs is 1. The van der Waals surface area contributed by atoms with Crippen LogP contribution in [0.4, 0.5) is 0 Å². The Hall–Kier alpha value is -1.91. The predicted octanol–water partition coefficient (Wildman–Crippen LogP) is 3.09. The van der Waals surface area contributed by atoms with Crippen molar-refractivity contribution in [2.75, 3.05) is 6.61 Å². The van der Waals surface area contributed by atoms with Crippen LogP contribution in [0.15, 0.2) is 55.0 Å². The molecule has 5 heteroatoms. The number of aryl methyl sites for hydroxylation is 1. The second-order valence-electron chi connectivity index (χ2n) is 4.30. The van der Waals surface area contributed by atoms with Crippen LogP contribution in [-0.2, 0) is 13.0 Å². The summed E-state index contributed by atoms with van der Waals surface area (Å²) in [5, 5.41) is 9.80. The molecule has 0 amide bonds. The molecule has 4 nitrogen and oxygen atoms in total. The summed E-state index contributed by atoms with van der Waals surface area (Å²) in [4.78, 5) is 8.26. The van der Waals surface area contributed by atoms with Gasteiger partial charge >= 0.3 is 0 Å². The molecule has 0 fully saturated rings. The number of halogens is 1. The molecule has 3 rings (SSSR count). The van der Waals surface area contributed by atoms with E-state index in [0.717, 1.165) is 17.9 Å². The molecule has 0 saturated carbocycles. The van der Waals surface area contributed by atoms with Crippen molar-refractivity contribution in [3.8, 4) is 0 Å². The molecule has 0 aliphatic heterocycles. The van der Waals surface area contributed by atoms with Crippen molar-refractivity contribution in [1.82, 2.24) is 14.5 Å². The van der Waals surface area contributed by atoms with Gasteiger partial charge in [-0.2, -0.15) is 0 Å². The van der Waals surface area contributed by atoms with Crippen LogP contribution in [0.25, 0.3) is 10.9 Å². The molecule has 112 valence electrons. The Balaban J connectivity index is 0.000000200. The topological polar surface area (TPSA) is 50.9 Å². The third-order valence-electron chi connectivity index (χ3n) is 2.99. The zero-order chi connectivity index (χ0) is 14.2. The molecule has 0 spiro atoms. The number of pyridine rings is 1. The van der Waals surface area contributed by atoms with E-state index in [1.54, 1.807) is 6.20 Å². The van der Waals surface area contributed by atoms with Gasteiger partial charge in [-0.3, -0.25) is 4.98 Å². The molecule has 0 bridgehead atoms. The van der Waals surface area contributed by atoms with Crippen LogP contribution in [0, 0.1) is 0 Å². The van der Waals surface area contributed by atoms with Gasteiger partial charge in [-0.15, -0.1) is 12.4 Å². The summed E-state index contributed by atoms with van der Waals surface area (Å²) in [7, 11) is 0. The predicted molar refractivity (Wildman–Crippen MR) is 87.7 cm³/mol. The van der Waals surface area contributed by atoms with Gasteiger partial charge in [0.25, 0.3) is 0 Å². The van der Waals surface area contributed by atoms with Gasteiger partial charge in [0.1, 0.15) is 5.82 Å². The maximum Gasteiger partial charge on any atom is 0.110 e. The van der Waals surface area contributed by atoms with E-state index in [1.807, 2.05) is 41.2 Å². The van der Waals surface area contributed by atoms with Gasteiger partial charge in [0.15, 0.2) is 0 Å². The number of rotatable bonds is 3. The fraction of sp³-hybridized carbons (Fsp3) is 0.250. The maximum absolute atomic E-state index is 8.60. The second kappa shape index (κ2) is 9.10. The fourth-order valence-corrected chi connectivity index (χ4v) is 1.97. The van der Waals surface area contributed by atoms with Crippen LogP contribution >= 0.6 is 12.4 Å². The number of hydrogen-bond acceptors (Lipinski definition) is 3. The summed E-state index contributed by atoms with van der Waals surface area (Å²) in [6.07, 6.45) is 6.14. The molecular formula is C16H20ClN3O. The number of nitrogens with zero attached hydrogens (tertiary/aromatic N) is 3. The van der Waals surface area contributed by atoms with Crippen molar-refractivity contribution in [3.05, 3.63) is 60.8 Å². The molecule has 2 heterocycles. The van der Waals surface area contributed by atoms with Crippen LogP contribution in [0.1, 0.15) is 12.7 Å². The molecular weight excluding hydrogens is 286 g/mol. The molecule has 21 heavy (non-hydrogen) atoms. The maximum atomic E-state index is 8.60. The Morgan fingerprint density at radius 1 is 1.05 bits per heavy atom. The Morgan fingerprint density at radius 2 is 1.81 bits per heavy atom. The summed E-state index contributed by atoms with van der Waals surface area (Å²) >= 11 is 0. The average molecular weight is 306 g/mol. The minimum atomic E-state index is 0. The standard InChI is InChI=1S/C9H7N.C7H12N2O.ClH/c1-2-6-9-8(4-1)5-3-7-10-9;1-2-9-5-4-8-7(9)3-6-10;/h1-7H;4-5,10H,2-3,6H2,1H3;1H. The average Bonchev–Trinajstić information content (AvgIpc) is 2.96. The molecule has 0 aliphatic rings. The van der Waals surface area contributed by atoms with Gasteiger partial charge < -0.3 is 9.67 Å². The number of imidazole rings is 1. The molecule has 0 atom stereocenters. The second-order valence-corrected chi connectivity index (χ2v) is 4.30. The third-order valence-corrected chi connectivity index (χ3v) is 2.99. The van der Waals surface area contributed by atoms with Gasteiger partial charge in [-0.25, -0.2) is 4.98 Å². The van der Waals surface area contributed by atoms with E-state index in [0.29, 0.717) is 6.42 Å². The molecule has 0 saturated heterocycles. The molecule has 0 radical (unpaired) electrons. The van der Waals surface area contributed by atoms with E-state index in [-0.39, 0.29) is 19.0 Å². The summed E-state index contributed by atoms with van der Waals surface area (Å²) < 4.78 is 2.02. The SMILES string of the molecule is CCn1ccnc1CCO.Cl.c1ccc2ncccc2c1. The van der Waals surface area contributed by atoms with Crippen molar-refractivity contribution >= 4 is 23.3 Å². The van der Waals surface area contributed by atoms with E-state index < -0.39 is 0 Å². The van der Waals surface area contributed by atoms with Gasteiger partial charge in [-0.05, 0) is 19.1 Å². The Kier molecular flexibility index (Phi) is 7.43. The van der Waals surface area contributed by atoms with E-state index in [4.69, 9.17) is 5.11 Å². The molecule has 1 N–H and O–H groups in total. The van der Waals surface area contributed by atoms with E-state index in [2.05, 4.69) is 29.0 Å². The quantitative estimate of drug-likeness (QED) is 0.809. The number of aromatic nitrogens is 3. The lowest BCUT2D eigenvalue weighted by molar-refractivity contribution is 0.294. The molecule has 2 aromatic heterocycles. The number of aliphatic hydroxyl groups is 1. The van der Waals surface area contributed by atoms with Gasteiger partial charge in [0, 0.05) is 36.9 Å². The zero-order valence-corrected chi connectivity index (χ0v) is 12.8. The highest BCUT2D eigenvalue weighted by Crippen LogP contribution is 2.07. The van der Waals surface area contributed by atoms with Crippen molar-refractivity contribution in [1.29, 1.82) is 0 Å². The van der Waals surface area contributed by atoms with Crippen molar-refractivity contribution in [2.24, 2.45) is 0 Å². The summed E-state index contributed by atoms with van der Waals surface area (Å²) in [6.45, 7) is 3.16.